The van der Waals surface area contributed by atoms with Gasteiger partial charge in [-0.3, -0.25) is 10.00 Å². The zero-order valence-electron chi connectivity index (χ0n) is 15.7. The molecule has 2 N–H and O–H groups in total. The molecule has 1 atom stereocenters. The summed E-state index contributed by atoms with van der Waals surface area (Å²) in [6.45, 7) is 0.351. The van der Waals surface area contributed by atoms with Gasteiger partial charge in [0.25, 0.3) is 0 Å². The number of benzene rings is 1. The first-order valence-electron chi connectivity index (χ1n) is 9.07. The van der Waals surface area contributed by atoms with Crippen molar-refractivity contribution in [3.8, 4) is 16.9 Å². The van der Waals surface area contributed by atoms with Gasteiger partial charge in [0.15, 0.2) is 11.6 Å². The zero-order chi connectivity index (χ0) is 20.4. The average Bonchev–Trinajstić information content (AvgIpc) is 3.39. The first-order valence-corrected chi connectivity index (χ1v) is 9.07. The van der Waals surface area contributed by atoms with Gasteiger partial charge in [-0.25, -0.2) is 14.2 Å². The lowest BCUT2D eigenvalue weighted by molar-refractivity contribution is 0.161. The Morgan fingerprint density at radius 2 is 2.14 bits per heavy atom. The van der Waals surface area contributed by atoms with Gasteiger partial charge >= 0.3 is 6.03 Å². The molecule has 1 aliphatic heterocycles. The number of carbonyl (C=O) groups excluding carboxylic acids is 1. The summed E-state index contributed by atoms with van der Waals surface area (Å²) in [5.41, 5.74) is 2.49. The highest BCUT2D eigenvalue weighted by Gasteiger charge is 2.38. The summed E-state index contributed by atoms with van der Waals surface area (Å²) in [4.78, 5) is 20.5. The number of aromatic nitrogens is 3. The van der Waals surface area contributed by atoms with E-state index in [1.165, 1.54) is 18.1 Å². The lowest BCUT2D eigenvalue weighted by Crippen LogP contribution is -2.36. The lowest BCUT2D eigenvalue weighted by atomic mass is 10.1. The SMILES string of the molecule is COc1cc(CN2C(=O)N(c3ccc(-c4cn[nH]c4)cn3)C[C@H]2CO)ccc1F. The second kappa shape index (κ2) is 7.88. The van der Waals surface area contributed by atoms with E-state index in [4.69, 9.17) is 4.74 Å². The number of nitrogens with one attached hydrogen (secondary N) is 1. The summed E-state index contributed by atoms with van der Waals surface area (Å²) in [5.74, 6) is 0.147. The smallest absolute Gasteiger partial charge is 0.326 e. The molecule has 29 heavy (non-hydrogen) atoms. The minimum Gasteiger partial charge on any atom is -0.494 e. The summed E-state index contributed by atoms with van der Waals surface area (Å²) >= 11 is 0. The number of nitrogens with zero attached hydrogens (tertiary/aromatic N) is 4. The van der Waals surface area contributed by atoms with E-state index in [2.05, 4.69) is 15.2 Å². The molecule has 3 aromatic rings. The highest BCUT2D eigenvalue weighted by atomic mass is 19.1. The number of aromatic amines is 1. The Labute approximate surface area is 166 Å². The van der Waals surface area contributed by atoms with Gasteiger partial charge in [0.2, 0.25) is 0 Å². The van der Waals surface area contributed by atoms with Crippen molar-refractivity contribution in [1.82, 2.24) is 20.1 Å². The second-order valence-corrected chi connectivity index (χ2v) is 6.72. The normalized spacial score (nSPS) is 16.5. The summed E-state index contributed by atoms with van der Waals surface area (Å²) in [7, 11) is 1.39. The Hall–Kier alpha value is -3.46. The third-order valence-electron chi connectivity index (χ3n) is 4.95. The molecule has 4 rings (SSSR count). The van der Waals surface area contributed by atoms with Crippen LogP contribution in [0, 0.1) is 5.82 Å². The number of H-pyrrole nitrogens is 1. The fourth-order valence-electron chi connectivity index (χ4n) is 3.37. The van der Waals surface area contributed by atoms with E-state index in [0.717, 1.165) is 11.1 Å². The Morgan fingerprint density at radius 1 is 1.28 bits per heavy atom. The van der Waals surface area contributed by atoms with Gasteiger partial charge in [-0.05, 0) is 29.8 Å². The third kappa shape index (κ3) is 3.64. The summed E-state index contributed by atoms with van der Waals surface area (Å²) < 4.78 is 18.7. The molecule has 1 aliphatic rings. The van der Waals surface area contributed by atoms with Crippen LogP contribution < -0.4 is 9.64 Å². The van der Waals surface area contributed by atoms with Gasteiger partial charge in [-0.2, -0.15) is 5.10 Å². The molecule has 0 spiro atoms. The number of hydrogen-bond donors (Lipinski definition) is 2. The van der Waals surface area contributed by atoms with Gasteiger partial charge in [-0.1, -0.05) is 6.07 Å². The van der Waals surface area contributed by atoms with Gasteiger partial charge in [0, 0.05) is 30.1 Å². The van der Waals surface area contributed by atoms with Gasteiger partial charge < -0.3 is 14.7 Å². The number of urea groups is 1. The minimum atomic E-state index is -0.466. The van der Waals surface area contributed by atoms with Crippen molar-refractivity contribution < 1.29 is 19.0 Å². The summed E-state index contributed by atoms with van der Waals surface area (Å²) in [6.07, 6.45) is 5.13. The van der Waals surface area contributed by atoms with Crippen molar-refractivity contribution in [2.75, 3.05) is 25.2 Å². The molecule has 2 aromatic heterocycles. The molecule has 0 radical (unpaired) electrons. The monoisotopic (exact) mass is 397 g/mol. The molecule has 9 heteroatoms. The predicted octanol–water partition coefficient (Wildman–Crippen LogP) is 2.42. The first-order chi connectivity index (χ1) is 14.1. The number of rotatable bonds is 6. The third-order valence-corrected chi connectivity index (χ3v) is 4.95. The Bertz CT molecular complexity index is 994. The number of carbonyl (C=O) groups is 1. The fraction of sp³-hybridized carbons (Fsp3) is 0.250. The van der Waals surface area contributed by atoms with Crippen LogP contribution in [-0.2, 0) is 6.54 Å². The predicted molar refractivity (Wildman–Crippen MR) is 104 cm³/mol. The quantitative estimate of drug-likeness (QED) is 0.666. The van der Waals surface area contributed by atoms with Crippen molar-refractivity contribution in [2.45, 2.75) is 12.6 Å². The van der Waals surface area contributed by atoms with Crippen molar-refractivity contribution in [3.05, 3.63) is 60.3 Å². The maximum atomic E-state index is 13.7. The number of ether oxygens (including phenoxy) is 1. The van der Waals surface area contributed by atoms with E-state index < -0.39 is 11.9 Å². The van der Waals surface area contributed by atoms with Crippen LogP contribution in [-0.4, -0.2) is 57.5 Å². The van der Waals surface area contributed by atoms with Gasteiger partial charge in [-0.15, -0.1) is 0 Å². The molecule has 1 fully saturated rings. The van der Waals surface area contributed by atoms with E-state index in [1.807, 2.05) is 6.07 Å². The maximum absolute atomic E-state index is 13.7. The number of aliphatic hydroxyl groups is 1. The number of methoxy groups -OCH3 is 1. The lowest BCUT2D eigenvalue weighted by Gasteiger charge is -2.22. The largest absolute Gasteiger partial charge is 0.494 e. The first kappa shape index (κ1) is 18.9. The summed E-state index contributed by atoms with van der Waals surface area (Å²) in [5, 5.41) is 16.4. The standard InChI is InChI=1S/C20H20FN5O3/c1-29-18-6-13(2-4-17(18)21)10-25-16(12-27)11-26(20(25)28)19-5-3-14(7-22-19)15-8-23-24-9-15/h2-9,16,27H,10-12H2,1H3,(H,23,24)/t16-/m0/s1. The van der Waals surface area contributed by atoms with Crippen LogP contribution in [0.1, 0.15) is 5.56 Å². The molecular weight excluding hydrogens is 377 g/mol. The van der Waals surface area contributed by atoms with Crippen LogP contribution in [0.3, 0.4) is 0 Å². The number of aliphatic hydroxyl groups excluding tert-OH is 1. The fourth-order valence-corrected chi connectivity index (χ4v) is 3.37. The molecule has 0 bridgehead atoms. The number of halogens is 1. The van der Waals surface area contributed by atoms with Gasteiger partial charge in [0.1, 0.15) is 5.82 Å². The number of hydrogen-bond acceptors (Lipinski definition) is 5. The van der Waals surface area contributed by atoms with Crippen LogP contribution in [0.25, 0.3) is 11.1 Å². The van der Waals surface area contributed by atoms with E-state index in [0.29, 0.717) is 17.9 Å². The van der Waals surface area contributed by atoms with E-state index in [9.17, 15) is 14.3 Å². The molecular formula is C20H20FN5O3. The second-order valence-electron chi connectivity index (χ2n) is 6.72. The van der Waals surface area contributed by atoms with Crippen LogP contribution >= 0.6 is 0 Å². The molecule has 1 saturated heterocycles. The van der Waals surface area contributed by atoms with Crippen molar-refractivity contribution in [1.29, 1.82) is 0 Å². The van der Waals surface area contributed by atoms with Crippen molar-refractivity contribution >= 4 is 11.8 Å². The topological polar surface area (TPSA) is 94.6 Å². The Balaban J connectivity index is 1.54. The van der Waals surface area contributed by atoms with Crippen LogP contribution in [0.2, 0.25) is 0 Å². The Kier molecular flexibility index (Phi) is 5.13. The molecule has 1 aromatic carbocycles. The van der Waals surface area contributed by atoms with Crippen molar-refractivity contribution in [2.24, 2.45) is 0 Å². The van der Waals surface area contributed by atoms with Gasteiger partial charge in [0.05, 0.1) is 32.5 Å². The molecule has 3 heterocycles. The summed E-state index contributed by atoms with van der Waals surface area (Å²) in [6, 6.07) is 7.42. The minimum absolute atomic E-state index is 0.114. The van der Waals surface area contributed by atoms with Crippen LogP contribution in [0.5, 0.6) is 5.75 Å². The maximum Gasteiger partial charge on any atom is 0.326 e. The van der Waals surface area contributed by atoms with E-state index in [1.54, 1.807) is 41.7 Å². The molecule has 0 saturated carbocycles. The van der Waals surface area contributed by atoms with E-state index in [-0.39, 0.29) is 24.9 Å². The average molecular weight is 397 g/mol. The number of anilines is 1. The van der Waals surface area contributed by atoms with Crippen LogP contribution in [0.15, 0.2) is 48.9 Å². The number of amides is 2. The molecule has 0 aliphatic carbocycles. The number of pyridine rings is 1. The zero-order valence-corrected chi connectivity index (χ0v) is 15.7. The molecule has 150 valence electrons. The highest BCUT2D eigenvalue weighted by Crippen LogP contribution is 2.27. The van der Waals surface area contributed by atoms with Crippen LogP contribution in [0.4, 0.5) is 15.0 Å². The highest BCUT2D eigenvalue weighted by molar-refractivity contribution is 5.93. The Morgan fingerprint density at radius 3 is 2.79 bits per heavy atom. The van der Waals surface area contributed by atoms with Crippen molar-refractivity contribution in [3.63, 3.8) is 0 Å². The van der Waals surface area contributed by atoms with E-state index >= 15 is 0 Å². The molecule has 2 amide bonds. The molecule has 0 unspecified atom stereocenters. The molecule has 8 nitrogen and oxygen atoms in total.